The summed E-state index contributed by atoms with van der Waals surface area (Å²) in [4.78, 5) is 38.3. The number of rotatable bonds is 9. The molecule has 2 amide bonds. The molecule has 0 spiro atoms. The van der Waals surface area contributed by atoms with Crippen LogP contribution in [0.3, 0.4) is 0 Å². The first-order valence-corrected chi connectivity index (χ1v) is 12.3. The molecule has 0 aliphatic carbocycles. The van der Waals surface area contributed by atoms with E-state index >= 15 is 0 Å². The third kappa shape index (κ3) is 6.87. The van der Waals surface area contributed by atoms with E-state index in [0.717, 1.165) is 5.69 Å². The molecule has 0 aliphatic heterocycles. The van der Waals surface area contributed by atoms with E-state index in [-0.39, 0.29) is 11.4 Å². The van der Waals surface area contributed by atoms with Gasteiger partial charge in [0.1, 0.15) is 17.2 Å². The Morgan fingerprint density at radius 2 is 1.70 bits per heavy atom. The lowest BCUT2D eigenvalue weighted by Crippen LogP contribution is -2.32. The van der Waals surface area contributed by atoms with Gasteiger partial charge in [0.25, 0.3) is 17.5 Å². The zero-order chi connectivity index (χ0) is 28.6. The summed E-state index contributed by atoms with van der Waals surface area (Å²) in [5.41, 5.74) is 5.90. The van der Waals surface area contributed by atoms with Crippen molar-refractivity contribution < 1.29 is 18.9 Å². The number of amides is 2. The van der Waals surface area contributed by atoms with E-state index in [1.54, 1.807) is 61.5 Å². The number of nitro benzene ring substituents is 1. The summed E-state index contributed by atoms with van der Waals surface area (Å²) in [6.07, 6.45) is 2.89. The molecule has 202 valence electrons. The first kappa shape index (κ1) is 27.5. The molecular formula is C30H27N5O5. The average molecular weight is 538 g/mol. The predicted octanol–water partition coefficient (Wildman–Crippen LogP) is 5.15. The Labute approximate surface area is 230 Å². The Kier molecular flexibility index (Phi) is 8.50. The van der Waals surface area contributed by atoms with Gasteiger partial charge in [-0.3, -0.25) is 19.7 Å². The second-order valence-electron chi connectivity index (χ2n) is 9.02. The summed E-state index contributed by atoms with van der Waals surface area (Å²) in [6.45, 7) is 1.75. The summed E-state index contributed by atoms with van der Waals surface area (Å²) < 4.78 is 5.78. The van der Waals surface area contributed by atoms with E-state index in [9.17, 15) is 19.7 Å². The van der Waals surface area contributed by atoms with Crippen LogP contribution < -0.4 is 15.6 Å². The van der Waals surface area contributed by atoms with E-state index in [4.69, 9.17) is 4.42 Å². The van der Waals surface area contributed by atoms with Gasteiger partial charge in [-0.1, -0.05) is 30.3 Å². The Balaban J connectivity index is 1.50. The third-order valence-electron chi connectivity index (χ3n) is 5.92. The Morgan fingerprint density at radius 1 is 0.975 bits per heavy atom. The van der Waals surface area contributed by atoms with Crippen molar-refractivity contribution in [3.8, 4) is 11.3 Å². The number of nitrogens with zero attached hydrogens (tertiary/aromatic N) is 3. The van der Waals surface area contributed by atoms with Crippen LogP contribution in [0.2, 0.25) is 0 Å². The molecule has 0 radical (unpaired) electrons. The second kappa shape index (κ2) is 12.4. The van der Waals surface area contributed by atoms with Crippen molar-refractivity contribution in [1.82, 2.24) is 10.7 Å². The monoisotopic (exact) mass is 537 g/mol. The number of nitrogens with one attached hydrogen (secondary N) is 2. The fourth-order valence-electron chi connectivity index (χ4n) is 3.80. The molecule has 0 bridgehead atoms. The van der Waals surface area contributed by atoms with Gasteiger partial charge in [-0.15, -0.1) is 0 Å². The molecule has 0 aliphatic rings. The minimum absolute atomic E-state index is 0.00486. The fourth-order valence-corrected chi connectivity index (χ4v) is 3.80. The fraction of sp³-hybridized carbons (Fsp3) is 0.100. The highest BCUT2D eigenvalue weighted by Crippen LogP contribution is 2.28. The summed E-state index contributed by atoms with van der Waals surface area (Å²) in [5, 5.41) is 17.6. The van der Waals surface area contributed by atoms with Crippen LogP contribution in [-0.4, -0.2) is 37.0 Å². The van der Waals surface area contributed by atoms with Gasteiger partial charge >= 0.3 is 0 Å². The third-order valence-corrected chi connectivity index (χ3v) is 5.92. The smallest absolute Gasteiger partial charge is 0.287 e. The number of hydrogen-bond donors (Lipinski definition) is 2. The van der Waals surface area contributed by atoms with Crippen molar-refractivity contribution in [3.05, 3.63) is 123 Å². The van der Waals surface area contributed by atoms with Gasteiger partial charge in [-0.25, -0.2) is 5.43 Å². The molecule has 1 heterocycles. The summed E-state index contributed by atoms with van der Waals surface area (Å²) in [5.74, 6) is -0.219. The molecule has 0 unspecified atom stereocenters. The minimum atomic E-state index is -0.629. The lowest BCUT2D eigenvalue weighted by Gasteiger charge is -2.12. The number of aryl methyl sites for hydroxylation is 1. The minimum Gasteiger partial charge on any atom is -0.455 e. The van der Waals surface area contributed by atoms with E-state index in [0.29, 0.717) is 33.8 Å². The van der Waals surface area contributed by atoms with Crippen molar-refractivity contribution in [2.75, 3.05) is 19.0 Å². The molecule has 0 saturated carbocycles. The molecule has 2 N–H and O–H groups in total. The first-order valence-electron chi connectivity index (χ1n) is 12.3. The number of furan rings is 1. The molecule has 1 aromatic heterocycles. The van der Waals surface area contributed by atoms with Gasteiger partial charge in [0.05, 0.1) is 11.1 Å². The SMILES string of the molecule is Cc1cc([N+](=O)[O-])ccc1-c1ccc(/C=N/NC(=O)/C(=C/c2ccc(N(C)C)cc2)NC(=O)c2ccccc2)o1. The Hall–Kier alpha value is -5.51. The number of nitro groups is 1. The standard InChI is InChI=1S/C30H27N5O5/c1-20-17-24(35(38)39)13-15-26(20)28-16-14-25(40-28)19-31-33-30(37)27(32-29(36)22-7-5-4-6-8-22)18-21-9-11-23(12-10-21)34(2)3/h4-19H,1-3H3,(H,32,36)(H,33,37)/b27-18-,31-19+. The molecule has 4 aromatic rings. The van der Waals surface area contributed by atoms with Crippen LogP contribution in [-0.2, 0) is 4.79 Å². The van der Waals surface area contributed by atoms with Gasteiger partial charge in [-0.05, 0) is 66.6 Å². The molecule has 0 saturated heterocycles. The van der Waals surface area contributed by atoms with Crippen molar-refractivity contribution in [3.63, 3.8) is 0 Å². The van der Waals surface area contributed by atoms with Crippen LogP contribution in [0.5, 0.6) is 0 Å². The van der Waals surface area contributed by atoms with Gasteiger partial charge in [-0.2, -0.15) is 5.10 Å². The van der Waals surface area contributed by atoms with E-state index < -0.39 is 16.7 Å². The quantitative estimate of drug-likeness (QED) is 0.131. The predicted molar refractivity (Wildman–Crippen MR) is 154 cm³/mol. The van der Waals surface area contributed by atoms with Crippen LogP contribution in [0.1, 0.15) is 27.2 Å². The van der Waals surface area contributed by atoms with Crippen LogP contribution in [0.4, 0.5) is 11.4 Å². The van der Waals surface area contributed by atoms with Crippen molar-refractivity contribution >= 4 is 35.5 Å². The lowest BCUT2D eigenvalue weighted by molar-refractivity contribution is -0.384. The molecule has 3 aromatic carbocycles. The largest absolute Gasteiger partial charge is 0.455 e. The van der Waals surface area contributed by atoms with E-state index in [1.165, 1.54) is 18.3 Å². The van der Waals surface area contributed by atoms with Crippen LogP contribution in [0.25, 0.3) is 17.4 Å². The number of benzene rings is 3. The second-order valence-corrected chi connectivity index (χ2v) is 9.02. The summed E-state index contributed by atoms with van der Waals surface area (Å²) >= 11 is 0. The Bertz CT molecular complexity index is 1590. The number of carbonyl (C=O) groups is 2. The van der Waals surface area contributed by atoms with Crippen molar-refractivity contribution in [1.29, 1.82) is 0 Å². The molecule has 0 fully saturated rings. The lowest BCUT2D eigenvalue weighted by atomic mass is 10.1. The number of hydrogen-bond acceptors (Lipinski definition) is 7. The molecule has 0 atom stereocenters. The average Bonchev–Trinajstić information content (AvgIpc) is 3.41. The zero-order valence-electron chi connectivity index (χ0n) is 22.1. The zero-order valence-corrected chi connectivity index (χ0v) is 22.1. The van der Waals surface area contributed by atoms with Crippen molar-refractivity contribution in [2.24, 2.45) is 5.10 Å². The van der Waals surface area contributed by atoms with E-state index in [2.05, 4.69) is 15.8 Å². The highest BCUT2D eigenvalue weighted by molar-refractivity contribution is 6.05. The Morgan fingerprint density at radius 3 is 2.35 bits per heavy atom. The number of anilines is 1. The van der Waals surface area contributed by atoms with Crippen LogP contribution >= 0.6 is 0 Å². The molecular weight excluding hydrogens is 510 g/mol. The topological polar surface area (TPSA) is 130 Å². The number of carbonyl (C=O) groups excluding carboxylic acids is 2. The van der Waals surface area contributed by atoms with E-state index in [1.807, 2.05) is 43.3 Å². The van der Waals surface area contributed by atoms with Gasteiger partial charge in [0, 0.05) is 43.0 Å². The summed E-state index contributed by atoms with van der Waals surface area (Å²) in [6, 6.07) is 23.9. The highest BCUT2D eigenvalue weighted by atomic mass is 16.6. The summed E-state index contributed by atoms with van der Waals surface area (Å²) in [7, 11) is 3.85. The molecule has 10 nitrogen and oxygen atoms in total. The van der Waals surface area contributed by atoms with Gasteiger partial charge < -0.3 is 14.6 Å². The number of hydrazone groups is 1. The molecule has 4 rings (SSSR count). The maximum Gasteiger partial charge on any atom is 0.287 e. The maximum atomic E-state index is 13.0. The first-order chi connectivity index (χ1) is 19.2. The van der Waals surface area contributed by atoms with Crippen LogP contribution in [0.15, 0.2) is 100 Å². The molecule has 40 heavy (non-hydrogen) atoms. The maximum absolute atomic E-state index is 13.0. The van der Waals surface area contributed by atoms with Crippen molar-refractivity contribution in [2.45, 2.75) is 6.92 Å². The number of non-ortho nitro benzene ring substituents is 1. The molecule has 10 heteroatoms. The highest BCUT2D eigenvalue weighted by Gasteiger charge is 2.15. The van der Waals surface area contributed by atoms with Gasteiger partial charge in [0.2, 0.25) is 0 Å². The normalized spacial score (nSPS) is 11.3. The van der Waals surface area contributed by atoms with Crippen LogP contribution in [0, 0.1) is 17.0 Å². The van der Waals surface area contributed by atoms with Gasteiger partial charge in [0.15, 0.2) is 0 Å².